The number of hydrogen-bond donors (Lipinski definition) is 0. The van der Waals surface area contributed by atoms with E-state index in [2.05, 4.69) is 35.9 Å². The van der Waals surface area contributed by atoms with Crippen LogP contribution in [0.4, 0.5) is 0 Å². The summed E-state index contributed by atoms with van der Waals surface area (Å²) in [7, 11) is 0. The molecule has 0 fully saturated rings. The quantitative estimate of drug-likeness (QED) is 0.686. The smallest absolute Gasteiger partial charge is 0.133 e. The van der Waals surface area contributed by atoms with Gasteiger partial charge in [0.1, 0.15) is 11.5 Å². The highest BCUT2D eigenvalue weighted by Crippen LogP contribution is 2.25. The molecule has 0 aliphatic carbocycles. The Labute approximate surface area is 94.0 Å². The minimum Gasteiger partial charge on any atom is -0.236 e. The maximum atomic E-state index is 5.85. The van der Waals surface area contributed by atoms with Crippen molar-refractivity contribution >= 4 is 11.6 Å². The van der Waals surface area contributed by atoms with Crippen LogP contribution >= 0.6 is 11.6 Å². The molecule has 1 aromatic heterocycles. The normalized spacial score (nSPS) is 10.3. The highest BCUT2D eigenvalue weighted by molar-refractivity contribution is 6.29. The molecule has 3 heteroatoms. The van der Waals surface area contributed by atoms with Gasteiger partial charge in [0.05, 0.1) is 5.69 Å². The van der Waals surface area contributed by atoms with Crippen LogP contribution in [0.5, 0.6) is 0 Å². The van der Waals surface area contributed by atoms with Crippen molar-refractivity contribution in [2.75, 3.05) is 0 Å². The van der Waals surface area contributed by atoms with Crippen LogP contribution in [0.2, 0.25) is 5.15 Å². The second-order valence-corrected chi connectivity index (χ2v) is 3.88. The molecule has 0 aliphatic rings. The van der Waals surface area contributed by atoms with Gasteiger partial charge in [-0.25, -0.2) is 9.97 Å². The second kappa shape index (κ2) is 3.99. The lowest BCUT2D eigenvalue weighted by molar-refractivity contribution is 1.16. The molecule has 15 heavy (non-hydrogen) atoms. The molecule has 0 saturated heterocycles. The highest BCUT2D eigenvalue weighted by atomic mass is 35.5. The third kappa shape index (κ3) is 2.00. The Hall–Kier alpha value is -1.41. The number of nitrogens with zero attached hydrogens (tertiary/aromatic N) is 2. The van der Waals surface area contributed by atoms with Gasteiger partial charge in [0.2, 0.25) is 0 Å². The number of benzene rings is 1. The van der Waals surface area contributed by atoms with Gasteiger partial charge >= 0.3 is 0 Å². The Morgan fingerprint density at radius 1 is 1.07 bits per heavy atom. The first-order valence-corrected chi connectivity index (χ1v) is 5.10. The Morgan fingerprint density at radius 3 is 2.33 bits per heavy atom. The van der Waals surface area contributed by atoms with Crippen molar-refractivity contribution < 1.29 is 0 Å². The zero-order valence-electron chi connectivity index (χ0n) is 8.66. The molecule has 0 N–H and O–H groups in total. The third-order valence-electron chi connectivity index (χ3n) is 2.37. The molecular weight excluding hydrogens is 208 g/mol. The van der Waals surface area contributed by atoms with Gasteiger partial charge in [0.25, 0.3) is 0 Å². The van der Waals surface area contributed by atoms with Gasteiger partial charge in [-0.15, -0.1) is 0 Å². The first kappa shape index (κ1) is 10.1. The van der Waals surface area contributed by atoms with Crippen molar-refractivity contribution in [1.29, 1.82) is 0 Å². The summed E-state index contributed by atoms with van der Waals surface area (Å²) in [6, 6.07) is 7.96. The minimum atomic E-state index is 0.475. The monoisotopic (exact) mass is 218 g/mol. The predicted octanol–water partition coefficient (Wildman–Crippen LogP) is 3.41. The lowest BCUT2D eigenvalue weighted by atomic mass is 10.0. The Kier molecular flexibility index (Phi) is 2.69. The van der Waals surface area contributed by atoms with Crippen molar-refractivity contribution in [2.24, 2.45) is 0 Å². The van der Waals surface area contributed by atoms with Crippen LogP contribution < -0.4 is 0 Å². The number of aromatic nitrogens is 2. The van der Waals surface area contributed by atoms with Gasteiger partial charge in [0, 0.05) is 11.6 Å². The maximum absolute atomic E-state index is 5.85. The van der Waals surface area contributed by atoms with Crippen molar-refractivity contribution in [2.45, 2.75) is 13.8 Å². The van der Waals surface area contributed by atoms with Gasteiger partial charge in [-0.1, -0.05) is 29.8 Å². The van der Waals surface area contributed by atoms with E-state index in [0.29, 0.717) is 5.15 Å². The van der Waals surface area contributed by atoms with Crippen LogP contribution in [0.1, 0.15) is 11.1 Å². The van der Waals surface area contributed by atoms with Crippen LogP contribution in [0, 0.1) is 13.8 Å². The topological polar surface area (TPSA) is 25.8 Å². The molecule has 2 nitrogen and oxygen atoms in total. The standard InChI is InChI=1S/C12H11ClN2/c1-8-4-3-5-9(2)12(8)10-6-11(13)15-7-14-10/h3-7H,1-2H3. The largest absolute Gasteiger partial charge is 0.236 e. The average Bonchev–Trinajstić information content (AvgIpc) is 2.17. The fraction of sp³-hybridized carbons (Fsp3) is 0.167. The lowest BCUT2D eigenvalue weighted by Crippen LogP contribution is -1.91. The zero-order chi connectivity index (χ0) is 10.8. The number of rotatable bonds is 1. The molecule has 0 unspecified atom stereocenters. The average molecular weight is 219 g/mol. The summed E-state index contributed by atoms with van der Waals surface area (Å²) >= 11 is 5.85. The van der Waals surface area contributed by atoms with Crippen LogP contribution in [0.25, 0.3) is 11.3 Å². The van der Waals surface area contributed by atoms with E-state index in [1.54, 1.807) is 6.07 Å². The molecular formula is C12H11ClN2. The summed E-state index contributed by atoms with van der Waals surface area (Å²) in [4.78, 5) is 8.11. The Morgan fingerprint density at radius 2 is 1.73 bits per heavy atom. The summed E-state index contributed by atoms with van der Waals surface area (Å²) in [5.41, 5.74) is 4.42. The van der Waals surface area contributed by atoms with Gasteiger partial charge in [-0.3, -0.25) is 0 Å². The van der Waals surface area contributed by atoms with Gasteiger partial charge < -0.3 is 0 Å². The second-order valence-electron chi connectivity index (χ2n) is 3.49. The number of aryl methyl sites for hydroxylation is 2. The Bertz CT molecular complexity index is 474. The van der Waals surface area contributed by atoms with Gasteiger partial charge in [-0.2, -0.15) is 0 Å². The zero-order valence-corrected chi connectivity index (χ0v) is 9.42. The number of hydrogen-bond acceptors (Lipinski definition) is 2. The maximum Gasteiger partial charge on any atom is 0.133 e. The molecule has 0 saturated carbocycles. The van der Waals surface area contributed by atoms with E-state index in [4.69, 9.17) is 11.6 Å². The summed E-state index contributed by atoms with van der Waals surface area (Å²) in [6.07, 6.45) is 1.49. The molecule has 0 spiro atoms. The van der Waals surface area contributed by atoms with Crippen molar-refractivity contribution in [1.82, 2.24) is 9.97 Å². The molecule has 1 aromatic carbocycles. The van der Waals surface area contributed by atoms with Crippen molar-refractivity contribution in [3.05, 3.63) is 46.9 Å². The third-order valence-corrected chi connectivity index (χ3v) is 2.58. The van der Waals surface area contributed by atoms with Gasteiger partial charge in [0.15, 0.2) is 0 Å². The van der Waals surface area contributed by atoms with Crippen LogP contribution in [-0.2, 0) is 0 Å². The molecule has 76 valence electrons. The molecule has 0 amide bonds. The van der Waals surface area contributed by atoms with Crippen LogP contribution in [-0.4, -0.2) is 9.97 Å². The fourth-order valence-electron chi connectivity index (χ4n) is 1.69. The molecule has 2 aromatic rings. The van der Waals surface area contributed by atoms with E-state index in [-0.39, 0.29) is 0 Å². The van der Waals surface area contributed by atoms with Crippen molar-refractivity contribution in [3.63, 3.8) is 0 Å². The van der Waals surface area contributed by atoms with Crippen LogP contribution in [0.15, 0.2) is 30.6 Å². The summed E-state index contributed by atoms with van der Waals surface area (Å²) in [5, 5.41) is 0.475. The van der Waals surface area contributed by atoms with E-state index in [0.717, 1.165) is 11.3 Å². The molecule has 2 rings (SSSR count). The lowest BCUT2D eigenvalue weighted by Gasteiger charge is -2.08. The van der Waals surface area contributed by atoms with Crippen molar-refractivity contribution in [3.8, 4) is 11.3 Å². The summed E-state index contributed by atoms with van der Waals surface area (Å²) in [5.74, 6) is 0. The highest BCUT2D eigenvalue weighted by Gasteiger charge is 2.06. The van der Waals surface area contributed by atoms with E-state index < -0.39 is 0 Å². The van der Waals surface area contributed by atoms with Gasteiger partial charge in [-0.05, 0) is 25.0 Å². The Balaban J connectivity index is 2.63. The summed E-state index contributed by atoms with van der Waals surface area (Å²) < 4.78 is 0. The first-order chi connectivity index (χ1) is 7.18. The van der Waals surface area contributed by atoms with E-state index in [1.807, 2.05) is 6.07 Å². The SMILES string of the molecule is Cc1cccc(C)c1-c1cc(Cl)ncn1. The minimum absolute atomic E-state index is 0.475. The molecule has 0 atom stereocenters. The molecule has 0 radical (unpaired) electrons. The fourth-order valence-corrected chi connectivity index (χ4v) is 1.84. The van der Waals surface area contributed by atoms with E-state index in [9.17, 15) is 0 Å². The molecule has 0 aliphatic heterocycles. The van der Waals surface area contributed by atoms with E-state index in [1.165, 1.54) is 17.5 Å². The molecule has 0 bridgehead atoms. The predicted molar refractivity (Wildman–Crippen MR) is 62.0 cm³/mol. The van der Waals surface area contributed by atoms with E-state index >= 15 is 0 Å². The molecule has 1 heterocycles. The summed E-state index contributed by atoms with van der Waals surface area (Å²) in [6.45, 7) is 4.14. The number of halogens is 1. The first-order valence-electron chi connectivity index (χ1n) is 4.72. The van der Waals surface area contributed by atoms with Crippen LogP contribution in [0.3, 0.4) is 0 Å².